The van der Waals surface area contributed by atoms with Crippen LogP contribution in [0.3, 0.4) is 0 Å². The average molecular weight is 559 g/mol. The number of benzene rings is 3. The Balaban J connectivity index is 1.77. The first-order valence-corrected chi connectivity index (χ1v) is 14.3. The van der Waals surface area contributed by atoms with Gasteiger partial charge in [-0.05, 0) is 56.7 Å². The number of hydrogen-bond acceptors (Lipinski definition) is 7. The zero-order valence-electron chi connectivity index (χ0n) is 22.7. The van der Waals surface area contributed by atoms with Crippen LogP contribution >= 0.6 is 0 Å². The number of fused-ring (bicyclic) bond motifs is 3. The van der Waals surface area contributed by atoms with E-state index in [-0.39, 0.29) is 23.3 Å². The van der Waals surface area contributed by atoms with Crippen LogP contribution in [0.1, 0.15) is 41.0 Å². The molecule has 0 atom stereocenters. The number of hydrogen-bond donors (Lipinski definition) is 0. The normalized spacial score (nSPS) is 11.8. The third-order valence-electron chi connectivity index (χ3n) is 6.47. The molecule has 2 heterocycles. The first-order chi connectivity index (χ1) is 19.2. The van der Waals surface area contributed by atoms with E-state index in [1.54, 1.807) is 56.3 Å². The Bertz CT molecular complexity index is 1790. The van der Waals surface area contributed by atoms with E-state index in [4.69, 9.17) is 14.2 Å². The van der Waals surface area contributed by atoms with Gasteiger partial charge in [0.2, 0.25) is 0 Å². The number of carbonyl (C=O) groups excluding carboxylic acids is 1. The predicted molar refractivity (Wildman–Crippen MR) is 153 cm³/mol. The summed E-state index contributed by atoms with van der Waals surface area (Å²) in [6.45, 7) is 5.76. The van der Waals surface area contributed by atoms with Crippen LogP contribution in [0.2, 0.25) is 0 Å². The van der Waals surface area contributed by atoms with Crippen LogP contribution in [0.25, 0.3) is 21.8 Å². The van der Waals surface area contributed by atoms with Crippen LogP contribution in [0, 0.1) is 6.92 Å². The lowest BCUT2D eigenvalue weighted by molar-refractivity contribution is 0.0366. The van der Waals surface area contributed by atoms with Crippen molar-refractivity contribution in [2.45, 2.75) is 45.0 Å². The molecule has 0 aliphatic heterocycles. The van der Waals surface area contributed by atoms with Crippen LogP contribution in [0.4, 0.5) is 0 Å². The molecule has 40 heavy (non-hydrogen) atoms. The summed E-state index contributed by atoms with van der Waals surface area (Å²) in [5, 5.41) is 1.12. The smallest absolute Gasteiger partial charge is 0.357 e. The lowest BCUT2D eigenvalue weighted by Gasteiger charge is -2.13. The number of aryl methyl sites for hydroxylation is 1. The molecule has 0 saturated heterocycles. The van der Waals surface area contributed by atoms with Crippen LogP contribution in [-0.2, 0) is 32.7 Å². The molecule has 9 heteroatoms. The molecule has 0 spiro atoms. The van der Waals surface area contributed by atoms with Crippen LogP contribution < -0.4 is 4.74 Å². The number of nitrogens with zero attached hydrogens (tertiary/aromatic N) is 2. The molecule has 8 nitrogen and oxygen atoms in total. The molecule has 0 N–H and O–H groups in total. The molecule has 0 unspecified atom stereocenters. The van der Waals surface area contributed by atoms with E-state index in [1.807, 2.05) is 37.3 Å². The highest BCUT2D eigenvalue weighted by atomic mass is 32.2. The topological polar surface area (TPSA) is 96.7 Å². The third-order valence-corrected chi connectivity index (χ3v) is 8.21. The first-order valence-electron chi connectivity index (χ1n) is 12.9. The standard InChI is InChI=1S/C31H30N2O6S/c1-20(2)39-31(34)30-26(19-37-4)29-25-16-23(38-18-22-8-6-5-7-9-22)12-15-27(25)33(28(29)17-32-30)40(35,36)24-13-10-21(3)11-14-24/h5-17,20H,18-19H2,1-4H3. The highest BCUT2D eigenvalue weighted by Gasteiger charge is 2.28. The van der Waals surface area contributed by atoms with Gasteiger partial charge in [-0.15, -0.1) is 0 Å². The Labute approximate surface area is 233 Å². The third kappa shape index (κ3) is 5.17. The number of pyridine rings is 1. The van der Waals surface area contributed by atoms with Crippen molar-refractivity contribution < 1.29 is 27.4 Å². The fourth-order valence-corrected chi connectivity index (χ4v) is 6.16. The lowest BCUT2D eigenvalue weighted by Crippen LogP contribution is -2.17. The van der Waals surface area contributed by atoms with Crippen molar-refractivity contribution >= 4 is 37.8 Å². The second-order valence-corrected chi connectivity index (χ2v) is 11.6. The number of esters is 1. The van der Waals surface area contributed by atoms with Crippen molar-refractivity contribution in [3.63, 3.8) is 0 Å². The minimum Gasteiger partial charge on any atom is -0.489 e. The average Bonchev–Trinajstić information content (AvgIpc) is 3.27. The Morgan fingerprint density at radius 1 is 0.950 bits per heavy atom. The molecule has 0 bridgehead atoms. The quantitative estimate of drug-likeness (QED) is 0.204. The van der Waals surface area contributed by atoms with Gasteiger partial charge < -0.3 is 14.2 Å². The molecular formula is C31H30N2O6S. The van der Waals surface area contributed by atoms with Crippen molar-refractivity contribution in [3.8, 4) is 5.75 Å². The van der Waals surface area contributed by atoms with Crippen LogP contribution in [0.15, 0.2) is 83.9 Å². The Morgan fingerprint density at radius 3 is 2.35 bits per heavy atom. The number of aromatic nitrogens is 2. The highest BCUT2D eigenvalue weighted by Crippen LogP contribution is 2.38. The summed E-state index contributed by atoms with van der Waals surface area (Å²) in [5.74, 6) is -0.0580. The van der Waals surface area contributed by atoms with Gasteiger partial charge >= 0.3 is 5.97 Å². The Kier molecular flexibility index (Phi) is 7.60. The molecule has 2 aromatic heterocycles. The highest BCUT2D eigenvalue weighted by molar-refractivity contribution is 7.90. The van der Waals surface area contributed by atoms with Crippen molar-refractivity contribution in [2.75, 3.05) is 7.11 Å². The van der Waals surface area contributed by atoms with Gasteiger partial charge in [0.25, 0.3) is 10.0 Å². The molecule has 0 fully saturated rings. The minimum atomic E-state index is -4.04. The van der Waals surface area contributed by atoms with E-state index in [0.29, 0.717) is 39.7 Å². The summed E-state index contributed by atoms with van der Waals surface area (Å²) >= 11 is 0. The van der Waals surface area contributed by atoms with Gasteiger partial charge in [0, 0.05) is 23.4 Å². The van der Waals surface area contributed by atoms with Gasteiger partial charge in [-0.25, -0.2) is 22.2 Å². The van der Waals surface area contributed by atoms with Crippen LogP contribution in [0.5, 0.6) is 5.75 Å². The maximum absolute atomic E-state index is 14.0. The fraction of sp³-hybridized carbons (Fsp3) is 0.226. The second-order valence-electron chi connectivity index (χ2n) is 9.77. The first kappa shape index (κ1) is 27.4. The molecule has 0 saturated carbocycles. The van der Waals surface area contributed by atoms with Crippen molar-refractivity contribution in [3.05, 3.63) is 101 Å². The zero-order chi connectivity index (χ0) is 28.4. The van der Waals surface area contributed by atoms with Crippen molar-refractivity contribution in [2.24, 2.45) is 0 Å². The van der Waals surface area contributed by atoms with E-state index < -0.39 is 16.0 Å². The number of carbonyl (C=O) groups is 1. The molecule has 3 aromatic carbocycles. The molecular weight excluding hydrogens is 528 g/mol. The maximum Gasteiger partial charge on any atom is 0.357 e. The molecule has 0 radical (unpaired) electrons. The van der Waals surface area contributed by atoms with Gasteiger partial charge in [-0.2, -0.15) is 0 Å². The van der Waals surface area contributed by atoms with Gasteiger partial charge in [0.05, 0.1) is 34.8 Å². The summed E-state index contributed by atoms with van der Waals surface area (Å²) in [4.78, 5) is 17.5. The number of rotatable bonds is 9. The van der Waals surface area contributed by atoms with Gasteiger partial charge in [0.15, 0.2) is 5.69 Å². The summed E-state index contributed by atoms with van der Waals surface area (Å²) < 4.78 is 46.3. The summed E-state index contributed by atoms with van der Waals surface area (Å²) in [7, 11) is -2.53. The van der Waals surface area contributed by atoms with Gasteiger partial charge in [0.1, 0.15) is 12.4 Å². The number of methoxy groups -OCH3 is 1. The zero-order valence-corrected chi connectivity index (χ0v) is 23.6. The summed E-state index contributed by atoms with van der Waals surface area (Å²) in [5.41, 5.74) is 3.20. The van der Waals surface area contributed by atoms with E-state index in [2.05, 4.69) is 4.98 Å². The summed E-state index contributed by atoms with van der Waals surface area (Å²) in [6.07, 6.45) is 1.04. The van der Waals surface area contributed by atoms with E-state index >= 15 is 0 Å². The summed E-state index contributed by atoms with van der Waals surface area (Å²) in [6, 6.07) is 21.7. The maximum atomic E-state index is 14.0. The SMILES string of the molecule is COCc1c(C(=O)OC(C)C)ncc2c1c1cc(OCc3ccccc3)ccc1n2S(=O)(=O)c1ccc(C)cc1. The van der Waals surface area contributed by atoms with Gasteiger partial charge in [-0.3, -0.25) is 0 Å². The molecule has 0 amide bonds. The van der Waals surface area contributed by atoms with E-state index in [9.17, 15) is 13.2 Å². The predicted octanol–water partition coefficient (Wildman–Crippen LogP) is 6.03. The number of ether oxygens (including phenoxy) is 3. The molecule has 206 valence electrons. The second kappa shape index (κ2) is 11.1. The Morgan fingerprint density at radius 2 is 1.68 bits per heavy atom. The van der Waals surface area contributed by atoms with Crippen molar-refractivity contribution in [1.29, 1.82) is 0 Å². The van der Waals surface area contributed by atoms with Gasteiger partial charge in [-0.1, -0.05) is 48.0 Å². The molecule has 5 rings (SSSR count). The molecule has 0 aliphatic carbocycles. The Hall–Kier alpha value is -4.21. The lowest BCUT2D eigenvalue weighted by atomic mass is 10.1. The van der Waals surface area contributed by atoms with E-state index in [0.717, 1.165) is 11.1 Å². The minimum absolute atomic E-state index is 0.0195. The van der Waals surface area contributed by atoms with E-state index in [1.165, 1.54) is 17.3 Å². The fourth-order valence-electron chi connectivity index (χ4n) is 4.65. The van der Waals surface area contributed by atoms with Crippen LogP contribution in [-0.4, -0.2) is 36.6 Å². The largest absolute Gasteiger partial charge is 0.489 e. The monoisotopic (exact) mass is 558 g/mol. The molecule has 0 aliphatic rings. The molecule has 5 aromatic rings. The van der Waals surface area contributed by atoms with Crippen molar-refractivity contribution in [1.82, 2.24) is 8.96 Å².